The lowest BCUT2D eigenvalue weighted by Crippen LogP contribution is -2.28. The average Bonchev–Trinajstić information content (AvgIpc) is 2.31. The number of hydrogen-bond acceptors (Lipinski definition) is 3. The summed E-state index contributed by atoms with van der Waals surface area (Å²) in [5.41, 5.74) is -0.0968. The van der Waals surface area contributed by atoms with Gasteiger partial charge in [-0.25, -0.2) is 4.98 Å². The molecule has 0 fully saturated rings. The Balaban J connectivity index is 2.89. The van der Waals surface area contributed by atoms with Crippen molar-refractivity contribution in [2.45, 2.75) is 39.3 Å². The molecule has 1 N–H and O–H groups in total. The Morgan fingerprint density at radius 3 is 2.94 bits per heavy atom. The minimum Gasteiger partial charge on any atom is -0.362 e. The predicted octanol–water partition coefficient (Wildman–Crippen LogP) is 1.48. The Labute approximate surface area is 95.7 Å². The molecular formula is C12H17N3O. The Kier molecular flexibility index (Phi) is 4.59. The normalized spacial score (nSPS) is 11.8. The van der Waals surface area contributed by atoms with Crippen molar-refractivity contribution in [2.24, 2.45) is 0 Å². The highest BCUT2D eigenvalue weighted by Crippen LogP contribution is 2.03. The Morgan fingerprint density at radius 2 is 2.38 bits per heavy atom. The Morgan fingerprint density at radius 1 is 1.62 bits per heavy atom. The van der Waals surface area contributed by atoms with E-state index in [0.717, 1.165) is 6.42 Å². The molecule has 1 rings (SSSR count). The van der Waals surface area contributed by atoms with Gasteiger partial charge in [0.15, 0.2) is 5.82 Å². The van der Waals surface area contributed by atoms with Gasteiger partial charge in [-0.3, -0.25) is 4.79 Å². The highest BCUT2D eigenvalue weighted by molar-refractivity contribution is 5.32. The lowest BCUT2D eigenvalue weighted by atomic mass is 10.1. The lowest BCUT2D eigenvalue weighted by molar-refractivity contribution is 0.687. The van der Waals surface area contributed by atoms with Crippen LogP contribution in [-0.4, -0.2) is 15.6 Å². The standard InChI is InChI=1S/C12H17N3O/c1-4-7-10(5-2)14-11-12(16)15(6-3)9-8-13-11/h1,8-10H,5-7H2,2-3H3,(H,13,14). The quantitative estimate of drug-likeness (QED) is 0.763. The van der Waals surface area contributed by atoms with E-state index >= 15 is 0 Å². The topological polar surface area (TPSA) is 46.9 Å². The smallest absolute Gasteiger partial charge is 0.293 e. The summed E-state index contributed by atoms with van der Waals surface area (Å²) in [5.74, 6) is 2.97. The van der Waals surface area contributed by atoms with E-state index in [2.05, 4.69) is 16.2 Å². The Hall–Kier alpha value is -1.76. The molecular weight excluding hydrogens is 202 g/mol. The molecule has 1 aromatic rings. The maximum absolute atomic E-state index is 11.8. The summed E-state index contributed by atoms with van der Waals surface area (Å²) in [6, 6.07) is 0.109. The molecule has 1 unspecified atom stereocenters. The zero-order valence-corrected chi connectivity index (χ0v) is 9.73. The van der Waals surface area contributed by atoms with E-state index < -0.39 is 0 Å². The fourth-order valence-electron chi connectivity index (χ4n) is 1.43. The SMILES string of the molecule is C#CCC(CC)Nc1nccn(CC)c1=O. The molecule has 4 heteroatoms. The van der Waals surface area contributed by atoms with Gasteiger partial charge in [-0.15, -0.1) is 12.3 Å². The summed E-state index contributed by atoms with van der Waals surface area (Å²) < 4.78 is 1.61. The van der Waals surface area contributed by atoms with Gasteiger partial charge >= 0.3 is 0 Å². The van der Waals surface area contributed by atoms with Crippen molar-refractivity contribution in [1.29, 1.82) is 0 Å². The third-order valence-electron chi connectivity index (χ3n) is 2.45. The number of hydrogen-bond donors (Lipinski definition) is 1. The zero-order chi connectivity index (χ0) is 12.0. The molecule has 4 nitrogen and oxygen atoms in total. The van der Waals surface area contributed by atoms with E-state index in [4.69, 9.17) is 6.42 Å². The summed E-state index contributed by atoms with van der Waals surface area (Å²) in [4.78, 5) is 15.9. The van der Waals surface area contributed by atoms with Gasteiger partial charge in [-0.05, 0) is 13.3 Å². The van der Waals surface area contributed by atoms with E-state index in [1.807, 2.05) is 13.8 Å². The van der Waals surface area contributed by atoms with Crippen LogP contribution >= 0.6 is 0 Å². The first kappa shape index (κ1) is 12.3. The van der Waals surface area contributed by atoms with Crippen molar-refractivity contribution in [3.05, 3.63) is 22.7 Å². The van der Waals surface area contributed by atoms with E-state index in [1.165, 1.54) is 0 Å². The minimum atomic E-state index is -0.0968. The molecule has 0 aromatic carbocycles. The lowest BCUT2D eigenvalue weighted by Gasteiger charge is -2.14. The summed E-state index contributed by atoms with van der Waals surface area (Å²) in [7, 11) is 0. The van der Waals surface area contributed by atoms with Crippen LogP contribution in [-0.2, 0) is 6.54 Å². The summed E-state index contributed by atoms with van der Waals surface area (Å²) in [6.07, 6.45) is 10.0. The molecule has 0 radical (unpaired) electrons. The largest absolute Gasteiger partial charge is 0.362 e. The van der Waals surface area contributed by atoms with Crippen molar-refractivity contribution in [3.8, 4) is 12.3 Å². The van der Waals surface area contributed by atoms with E-state index in [9.17, 15) is 4.79 Å². The zero-order valence-electron chi connectivity index (χ0n) is 9.73. The van der Waals surface area contributed by atoms with Crippen LogP contribution in [0.4, 0.5) is 5.82 Å². The Bertz CT molecular complexity index is 431. The van der Waals surface area contributed by atoms with Crippen LogP contribution in [0.3, 0.4) is 0 Å². The van der Waals surface area contributed by atoms with E-state index in [0.29, 0.717) is 18.8 Å². The number of aromatic nitrogens is 2. The molecule has 0 aliphatic rings. The number of nitrogens with zero attached hydrogens (tertiary/aromatic N) is 2. The summed E-state index contributed by atoms with van der Waals surface area (Å²) in [5, 5.41) is 3.09. The molecule has 0 aliphatic heterocycles. The second-order valence-electron chi connectivity index (χ2n) is 3.52. The van der Waals surface area contributed by atoms with Crippen molar-refractivity contribution in [1.82, 2.24) is 9.55 Å². The summed E-state index contributed by atoms with van der Waals surface area (Å²) >= 11 is 0. The predicted molar refractivity (Wildman–Crippen MR) is 65.3 cm³/mol. The molecule has 1 heterocycles. The highest BCUT2D eigenvalue weighted by Gasteiger charge is 2.09. The van der Waals surface area contributed by atoms with Gasteiger partial charge in [-0.1, -0.05) is 6.92 Å². The van der Waals surface area contributed by atoms with Crippen LogP contribution in [0.2, 0.25) is 0 Å². The van der Waals surface area contributed by atoms with Gasteiger partial charge in [0.05, 0.1) is 0 Å². The first-order valence-electron chi connectivity index (χ1n) is 5.48. The monoisotopic (exact) mass is 219 g/mol. The molecule has 16 heavy (non-hydrogen) atoms. The molecule has 86 valence electrons. The number of anilines is 1. The molecule has 0 amide bonds. The first-order chi connectivity index (χ1) is 7.72. The average molecular weight is 219 g/mol. The van der Waals surface area contributed by atoms with Crippen molar-refractivity contribution in [3.63, 3.8) is 0 Å². The fourth-order valence-corrected chi connectivity index (χ4v) is 1.43. The van der Waals surface area contributed by atoms with Gasteiger partial charge < -0.3 is 9.88 Å². The maximum Gasteiger partial charge on any atom is 0.293 e. The fraction of sp³-hybridized carbons (Fsp3) is 0.500. The van der Waals surface area contributed by atoms with Crippen molar-refractivity contribution < 1.29 is 0 Å². The number of nitrogens with one attached hydrogen (secondary N) is 1. The molecule has 0 saturated heterocycles. The van der Waals surface area contributed by atoms with Crippen molar-refractivity contribution >= 4 is 5.82 Å². The van der Waals surface area contributed by atoms with Crippen molar-refractivity contribution in [2.75, 3.05) is 5.32 Å². The molecule has 1 atom stereocenters. The van der Waals surface area contributed by atoms with Gasteiger partial charge in [0.1, 0.15) is 0 Å². The molecule has 0 aliphatic carbocycles. The van der Waals surface area contributed by atoms with Crippen LogP contribution in [0, 0.1) is 12.3 Å². The van der Waals surface area contributed by atoms with Gasteiger partial charge in [0, 0.05) is 31.4 Å². The number of terminal acetylenes is 1. The van der Waals surface area contributed by atoms with Gasteiger partial charge in [-0.2, -0.15) is 0 Å². The van der Waals surface area contributed by atoms with Crippen LogP contribution in [0.25, 0.3) is 0 Å². The first-order valence-corrected chi connectivity index (χ1v) is 5.48. The van der Waals surface area contributed by atoms with Gasteiger partial charge in [0.2, 0.25) is 0 Å². The van der Waals surface area contributed by atoms with E-state index in [-0.39, 0.29) is 11.6 Å². The van der Waals surface area contributed by atoms with E-state index in [1.54, 1.807) is 17.0 Å². The third kappa shape index (κ3) is 2.86. The molecule has 0 saturated carbocycles. The molecule has 1 aromatic heterocycles. The summed E-state index contributed by atoms with van der Waals surface area (Å²) in [6.45, 7) is 4.59. The molecule has 0 spiro atoms. The minimum absolute atomic E-state index is 0.0968. The number of rotatable bonds is 5. The highest BCUT2D eigenvalue weighted by atomic mass is 16.1. The second-order valence-corrected chi connectivity index (χ2v) is 3.52. The van der Waals surface area contributed by atoms with Gasteiger partial charge in [0.25, 0.3) is 5.56 Å². The van der Waals surface area contributed by atoms with Crippen LogP contribution < -0.4 is 10.9 Å². The van der Waals surface area contributed by atoms with Crippen LogP contribution in [0.5, 0.6) is 0 Å². The maximum atomic E-state index is 11.8. The molecule has 0 bridgehead atoms. The third-order valence-corrected chi connectivity index (χ3v) is 2.45. The number of aryl methyl sites for hydroxylation is 1. The second kappa shape index (κ2) is 5.96. The van der Waals surface area contributed by atoms with Crippen LogP contribution in [0.1, 0.15) is 26.7 Å². The van der Waals surface area contributed by atoms with Crippen LogP contribution in [0.15, 0.2) is 17.2 Å².